The number of pyridine rings is 2. The Bertz CT molecular complexity index is 3640. The lowest BCUT2D eigenvalue weighted by Gasteiger charge is -2.14. The van der Waals surface area contributed by atoms with Crippen molar-refractivity contribution in [3.8, 4) is 67.7 Å². The van der Waals surface area contributed by atoms with Crippen molar-refractivity contribution in [2.24, 2.45) is 0 Å². The van der Waals surface area contributed by atoms with Gasteiger partial charge in [-0.05, 0) is 91.0 Å². The van der Waals surface area contributed by atoms with Gasteiger partial charge in [-0.2, -0.15) is 0 Å². The third kappa shape index (κ3) is 6.23. The van der Waals surface area contributed by atoms with Crippen LogP contribution in [0, 0.1) is 0 Å². The quantitative estimate of drug-likeness (QED) is 0.157. The maximum Gasteiger partial charge on any atom is 0.164 e. The van der Waals surface area contributed by atoms with Gasteiger partial charge in [-0.25, -0.2) is 19.9 Å². The van der Waals surface area contributed by atoms with Gasteiger partial charge in [0.25, 0.3) is 0 Å². The lowest BCUT2D eigenvalue weighted by atomic mass is 9.91. The molecule has 12 aromatic rings. The van der Waals surface area contributed by atoms with Crippen LogP contribution in [0.2, 0.25) is 0 Å². The summed E-state index contributed by atoms with van der Waals surface area (Å²) in [4.78, 5) is 25.6. The molecule has 0 atom stereocenters. The van der Waals surface area contributed by atoms with E-state index in [1.807, 2.05) is 48.7 Å². The lowest BCUT2D eigenvalue weighted by molar-refractivity contribution is 1.07. The highest BCUT2D eigenvalue weighted by molar-refractivity contribution is 6.25. The summed E-state index contributed by atoms with van der Waals surface area (Å²) in [5, 5.41) is 9.49. The second kappa shape index (κ2) is 14.7. The molecule has 3 heterocycles. The SMILES string of the molecule is c1ccc(-c2ccc(-c3nc(-c4ccccc4)nc(-c4cc(-c5ccc6c7ccccc7c7ccccc7c6c5)cc(-c5ccc6ccc7cccnc7c6n5)c4)n3)cc2)cc1. The molecule has 62 heavy (non-hydrogen) atoms. The van der Waals surface area contributed by atoms with Crippen molar-refractivity contribution in [2.45, 2.75) is 0 Å². The standard InChI is InChI=1S/C57H35N5/c1-3-12-36(13-4-1)37-21-25-41(26-22-37)56-60-55(40-14-5-2-6-15-40)61-57(62-56)45-33-43(32-44(34-45)52-30-28-39-24-23-38-16-11-31-58-53(38)54(39)59-52)42-27-29-50-48-19-8-7-17-46(48)47-18-9-10-20-49(47)51(50)35-42/h1-35H. The zero-order valence-corrected chi connectivity index (χ0v) is 33.4. The predicted octanol–water partition coefficient (Wildman–Crippen LogP) is 14.4. The minimum atomic E-state index is 0.578. The number of rotatable bonds is 6. The number of fused-ring (bicyclic) bond motifs is 9. The summed E-state index contributed by atoms with van der Waals surface area (Å²) in [5.41, 5.74) is 10.6. The highest BCUT2D eigenvalue weighted by Gasteiger charge is 2.17. The smallest absolute Gasteiger partial charge is 0.164 e. The summed E-state index contributed by atoms with van der Waals surface area (Å²) in [6.45, 7) is 0. The largest absolute Gasteiger partial charge is 0.254 e. The molecule has 0 amide bonds. The summed E-state index contributed by atoms with van der Waals surface area (Å²) >= 11 is 0. The molecule has 0 spiro atoms. The molecule has 9 aromatic carbocycles. The van der Waals surface area contributed by atoms with Crippen molar-refractivity contribution >= 4 is 54.1 Å². The zero-order chi connectivity index (χ0) is 41.0. The molecule has 0 fully saturated rings. The molecule has 12 rings (SSSR count). The van der Waals surface area contributed by atoms with Crippen LogP contribution in [0.4, 0.5) is 0 Å². The maximum atomic E-state index is 5.32. The van der Waals surface area contributed by atoms with Gasteiger partial charge in [0.05, 0.1) is 16.7 Å². The second-order valence-electron chi connectivity index (χ2n) is 15.7. The van der Waals surface area contributed by atoms with E-state index in [1.165, 1.54) is 32.3 Å². The summed E-state index contributed by atoms with van der Waals surface area (Å²) in [6.07, 6.45) is 1.83. The van der Waals surface area contributed by atoms with Gasteiger partial charge < -0.3 is 0 Å². The first-order valence-electron chi connectivity index (χ1n) is 20.8. The Hall–Kier alpha value is -8.41. The number of aromatic nitrogens is 5. The van der Waals surface area contributed by atoms with Gasteiger partial charge in [-0.3, -0.25) is 4.98 Å². The Morgan fingerprint density at radius 1 is 0.242 bits per heavy atom. The van der Waals surface area contributed by atoms with Crippen LogP contribution in [-0.4, -0.2) is 24.9 Å². The van der Waals surface area contributed by atoms with Crippen LogP contribution in [0.15, 0.2) is 212 Å². The van der Waals surface area contributed by atoms with E-state index in [0.29, 0.717) is 17.5 Å². The molecule has 5 nitrogen and oxygen atoms in total. The molecule has 0 bridgehead atoms. The van der Waals surface area contributed by atoms with Crippen molar-refractivity contribution in [1.82, 2.24) is 24.9 Å². The molecule has 0 saturated carbocycles. The molecular weight excluding hydrogens is 755 g/mol. The van der Waals surface area contributed by atoms with Gasteiger partial charge >= 0.3 is 0 Å². The first-order chi connectivity index (χ1) is 30.7. The average molecular weight is 790 g/mol. The van der Waals surface area contributed by atoms with E-state index >= 15 is 0 Å². The molecule has 3 aromatic heterocycles. The molecule has 5 heteroatoms. The van der Waals surface area contributed by atoms with Gasteiger partial charge in [-0.1, -0.05) is 170 Å². The highest BCUT2D eigenvalue weighted by atomic mass is 15.0. The van der Waals surface area contributed by atoms with E-state index in [-0.39, 0.29) is 0 Å². The zero-order valence-electron chi connectivity index (χ0n) is 33.4. The summed E-state index contributed by atoms with van der Waals surface area (Å²) in [6, 6.07) is 72.4. The highest BCUT2D eigenvalue weighted by Crippen LogP contribution is 2.39. The van der Waals surface area contributed by atoms with E-state index in [2.05, 4.69) is 164 Å². The third-order valence-electron chi connectivity index (χ3n) is 11.9. The molecule has 0 unspecified atom stereocenters. The molecule has 0 aliphatic rings. The first kappa shape index (κ1) is 35.5. The van der Waals surface area contributed by atoms with E-state index < -0.39 is 0 Å². The Kier molecular flexibility index (Phi) is 8.42. The fourth-order valence-electron chi connectivity index (χ4n) is 8.84. The van der Waals surface area contributed by atoms with E-state index in [9.17, 15) is 0 Å². The molecule has 0 N–H and O–H groups in total. The topological polar surface area (TPSA) is 64.5 Å². The van der Waals surface area contributed by atoms with Crippen molar-refractivity contribution in [2.75, 3.05) is 0 Å². The molecule has 0 aliphatic heterocycles. The lowest BCUT2D eigenvalue weighted by Crippen LogP contribution is -2.01. The van der Waals surface area contributed by atoms with Crippen LogP contribution in [0.5, 0.6) is 0 Å². The van der Waals surface area contributed by atoms with Crippen LogP contribution >= 0.6 is 0 Å². The summed E-state index contributed by atoms with van der Waals surface area (Å²) < 4.78 is 0. The van der Waals surface area contributed by atoms with E-state index in [1.54, 1.807) is 0 Å². The number of benzene rings is 9. The molecule has 288 valence electrons. The van der Waals surface area contributed by atoms with Gasteiger partial charge in [0.1, 0.15) is 0 Å². The van der Waals surface area contributed by atoms with Crippen LogP contribution in [0.25, 0.3) is 122 Å². The first-order valence-corrected chi connectivity index (χ1v) is 20.8. The molecule has 0 saturated heterocycles. The number of hydrogen-bond acceptors (Lipinski definition) is 5. The Morgan fingerprint density at radius 3 is 1.39 bits per heavy atom. The van der Waals surface area contributed by atoms with Crippen LogP contribution in [-0.2, 0) is 0 Å². The Labute approximate surface area is 357 Å². The van der Waals surface area contributed by atoms with Crippen LogP contribution < -0.4 is 0 Å². The molecular formula is C57H35N5. The average Bonchev–Trinajstić information content (AvgIpc) is 3.36. The van der Waals surface area contributed by atoms with Crippen molar-refractivity contribution < 1.29 is 0 Å². The van der Waals surface area contributed by atoms with Crippen LogP contribution in [0.3, 0.4) is 0 Å². The van der Waals surface area contributed by atoms with E-state index in [0.717, 1.165) is 72.0 Å². The van der Waals surface area contributed by atoms with Crippen molar-refractivity contribution in [3.63, 3.8) is 0 Å². The van der Waals surface area contributed by atoms with Gasteiger partial charge in [-0.15, -0.1) is 0 Å². The fourth-order valence-corrected chi connectivity index (χ4v) is 8.84. The Balaban J connectivity index is 1.09. The minimum Gasteiger partial charge on any atom is -0.254 e. The van der Waals surface area contributed by atoms with Gasteiger partial charge in [0, 0.05) is 39.2 Å². The third-order valence-corrected chi connectivity index (χ3v) is 11.9. The van der Waals surface area contributed by atoms with E-state index in [4.69, 9.17) is 24.9 Å². The minimum absolute atomic E-state index is 0.578. The normalized spacial score (nSPS) is 11.5. The summed E-state index contributed by atoms with van der Waals surface area (Å²) in [5.74, 6) is 1.79. The van der Waals surface area contributed by atoms with Gasteiger partial charge in [0.15, 0.2) is 17.5 Å². The fraction of sp³-hybridized carbons (Fsp3) is 0. The molecule has 0 aliphatic carbocycles. The second-order valence-corrected chi connectivity index (χ2v) is 15.7. The Morgan fingerprint density at radius 2 is 0.710 bits per heavy atom. The molecule has 0 radical (unpaired) electrons. The number of nitrogens with zero attached hydrogens (tertiary/aromatic N) is 5. The monoisotopic (exact) mass is 789 g/mol. The van der Waals surface area contributed by atoms with Crippen molar-refractivity contribution in [1.29, 1.82) is 0 Å². The predicted molar refractivity (Wildman–Crippen MR) is 256 cm³/mol. The maximum absolute atomic E-state index is 5.32. The van der Waals surface area contributed by atoms with Gasteiger partial charge in [0.2, 0.25) is 0 Å². The number of hydrogen-bond donors (Lipinski definition) is 0. The van der Waals surface area contributed by atoms with Crippen LogP contribution in [0.1, 0.15) is 0 Å². The van der Waals surface area contributed by atoms with Crippen molar-refractivity contribution in [3.05, 3.63) is 212 Å². The summed E-state index contributed by atoms with van der Waals surface area (Å²) in [7, 11) is 0.